The van der Waals surface area contributed by atoms with E-state index < -0.39 is 0 Å². The molecule has 0 aliphatic carbocycles. The quantitative estimate of drug-likeness (QED) is 0.719. The first kappa shape index (κ1) is 9.33. The standard InChI is InChI=1S/C10H11BrO/c1-2-3-8-12-10-7-5-4-6-9(10)11/h2-7H,8H2,1H3/b3-2+. The number of benzene rings is 1. The lowest BCUT2D eigenvalue weighted by molar-refractivity contribution is 0.360. The molecule has 1 aromatic carbocycles. The van der Waals surface area contributed by atoms with Gasteiger partial charge in [0.1, 0.15) is 12.4 Å². The monoisotopic (exact) mass is 226 g/mol. The zero-order valence-corrected chi connectivity index (χ0v) is 8.54. The SMILES string of the molecule is C/C=C/COc1ccccc1Br. The lowest BCUT2D eigenvalue weighted by Crippen LogP contribution is -1.93. The van der Waals surface area contributed by atoms with Crippen LogP contribution in [0.2, 0.25) is 0 Å². The van der Waals surface area contributed by atoms with Crippen molar-refractivity contribution < 1.29 is 4.74 Å². The Kier molecular flexibility index (Phi) is 3.88. The molecule has 0 spiro atoms. The molecule has 0 saturated heterocycles. The van der Waals surface area contributed by atoms with Gasteiger partial charge in [0.05, 0.1) is 4.47 Å². The molecule has 0 N–H and O–H groups in total. The van der Waals surface area contributed by atoms with Gasteiger partial charge in [0.25, 0.3) is 0 Å². The Morgan fingerprint density at radius 2 is 2.17 bits per heavy atom. The highest BCUT2D eigenvalue weighted by Crippen LogP contribution is 2.23. The highest BCUT2D eigenvalue weighted by Gasteiger charge is 1.95. The molecule has 0 heterocycles. The summed E-state index contributed by atoms with van der Waals surface area (Å²) >= 11 is 3.40. The van der Waals surface area contributed by atoms with Crippen LogP contribution in [0.25, 0.3) is 0 Å². The maximum absolute atomic E-state index is 5.44. The van der Waals surface area contributed by atoms with Crippen molar-refractivity contribution in [3.05, 3.63) is 40.9 Å². The molecule has 1 nitrogen and oxygen atoms in total. The third-order valence-electron chi connectivity index (χ3n) is 1.41. The second kappa shape index (κ2) is 4.99. The number of ether oxygens (including phenoxy) is 1. The zero-order valence-electron chi connectivity index (χ0n) is 6.96. The van der Waals surface area contributed by atoms with Gasteiger partial charge in [-0.3, -0.25) is 0 Å². The molecule has 0 atom stereocenters. The molecule has 1 aromatic rings. The van der Waals surface area contributed by atoms with Crippen LogP contribution in [0.5, 0.6) is 5.75 Å². The van der Waals surface area contributed by atoms with E-state index in [1.54, 1.807) is 0 Å². The van der Waals surface area contributed by atoms with Crippen LogP contribution in [-0.2, 0) is 0 Å². The van der Waals surface area contributed by atoms with E-state index in [9.17, 15) is 0 Å². The molecule has 1 rings (SSSR count). The summed E-state index contributed by atoms with van der Waals surface area (Å²) < 4.78 is 6.44. The predicted octanol–water partition coefficient (Wildman–Crippen LogP) is 3.40. The minimum absolute atomic E-state index is 0.624. The Labute approximate surface area is 81.2 Å². The van der Waals surface area contributed by atoms with Crippen molar-refractivity contribution in [2.45, 2.75) is 6.92 Å². The van der Waals surface area contributed by atoms with Crippen LogP contribution < -0.4 is 4.74 Å². The molecule has 0 saturated carbocycles. The van der Waals surface area contributed by atoms with E-state index >= 15 is 0 Å². The molecule has 64 valence electrons. The van der Waals surface area contributed by atoms with E-state index in [0.717, 1.165) is 10.2 Å². The van der Waals surface area contributed by atoms with Gasteiger partial charge in [0.2, 0.25) is 0 Å². The van der Waals surface area contributed by atoms with Crippen LogP contribution in [0.3, 0.4) is 0 Å². The van der Waals surface area contributed by atoms with E-state index in [0.29, 0.717) is 6.61 Å². The fourth-order valence-electron chi connectivity index (χ4n) is 0.796. The predicted molar refractivity (Wildman–Crippen MR) is 54.5 cm³/mol. The van der Waals surface area contributed by atoms with Crippen LogP contribution in [0, 0.1) is 0 Å². The Bertz CT molecular complexity index is 268. The fourth-order valence-corrected chi connectivity index (χ4v) is 1.20. The summed E-state index contributed by atoms with van der Waals surface area (Å²) in [6.45, 7) is 2.60. The van der Waals surface area contributed by atoms with Crippen LogP contribution in [0.1, 0.15) is 6.92 Å². The first-order chi connectivity index (χ1) is 5.84. The van der Waals surface area contributed by atoms with Crippen molar-refractivity contribution in [2.75, 3.05) is 6.61 Å². The Morgan fingerprint density at radius 3 is 2.83 bits per heavy atom. The van der Waals surface area contributed by atoms with Crippen molar-refractivity contribution >= 4 is 15.9 Å². The van der Waals surface area contributed by atoms with E-state index in [2.05, 4.69) is 15.9 Å². The zero-order chi connectivity index (χ0) is 8.81. The summed E-state index contributed by atoms with van der Waals surface area (Å²) in [5, 5.41) is 0. The van der Waals surface area contributed by atoms with Gasteiger partial charge in [-0.05, 0) is 35.0 Å². The molecule has 2 heteroatoms. The Hall–Kier alpha value is -0.760. The highest BCUT2D eigenvalue weighted by atomic mass is 79.9. The van der Waals surface area contributed by atoms with Gasteiger partial charge in [-0.25, -0.2) is 0 Å². The number of para-hydroxylation sites is 1. The Balaban J connectivity index is 2.57. The second-order valence-corrected chi connectivity index (χ2v) is 3.16. The van der Waals surface area contributed by atoms with Crippen molar-refractivity contribution in [2.24, 2.45) is 0 Å². The summed E-state index contributed by atoms with van der Waals surface area (Å²) in [5.41, 5.74) is 0. The van der Waals surface area contributed by atoms with Crippen LogP contribution in [0.4, 0.5) is 0 Å². The van der Waals surface area contributed by atoms with Gasteiger partial charge in [0, 0.05) is 0 Å². The third-order valence-corrected chi connectivity index (χ3v) is 2.06. The minimum atomic E-state index is 0.624. The van der Waals surface area contributed by atoms with E-state index in [4.69, 9.17) is 4.74 Å². The van der Waals surface area contributed by atoms with E-state index in [1.165, 1.54) is 0 Å². The molecule has 0 aliphatic rings. The summed E-state index contributed by atoms with van der Waals surface area (Å²) in [6, 6.07) is 7.82. The van der Waals surface area contributed by atoms with E-state index in [-0.39, 0.29) is 0 Å². The number of allylic oxidation sites excluding steroid dienone is 1. The normalized spacial score (nSPS) is 10.5. The van der Waals surface area contributed by atoms with Crippen LogP contribution in [0.15, 0.2) is 40.9 Å². The van der Waals surface area contributed by atoms with E-state index in [1.807, 2.05) is 43.3 Å². The van der Waals surface area contributed by atoms with Crippen molar-refractivity contribution in [3.8, 4) is 5.75 Å². The molecular weight excluding hydrogens is 216 g/mol. The van der Waals surface area contributed by atoms with Gasteiger partial charge in [-0.15, -0.1) is 0 Å². The molecule has 0 amide bonds. The maximum Gasteiger partial charge on any atom is 0.133 e. The molecule has 0 radical (unpaired) electrons. The van der Waals surface area contributed by atoms with Gasteiger partial charge >= 0.3 is 0 Å². The summed E-state index contributed by atoms with van der Waals surface area (Å²) in [5.74, 6) is 0.885. The molecule has 0 aliphatic heterocycles. The van der Waals surface area contributed by atoms with Gasteiger partial charge in [-0.2, -0.15) is 0 Å². The first-order valence-electron chi connectivity index (χ1n) is 3.83. The van der Waals surface area contributed by atoms with Crippen molar-refractivity contribution in [1.29, 1.82) is 0 Å². The number of hydrogen-bond donors (Lipinski definition) is 0. The largest absolute Gasteiger partial charge is 0.488 e. The smallest absolute Gasteiger partial charge is 0.133 e. The van der Waals surface area contributed by atoms with Crippen molar-refractivity contribution in [1.82, 2.24) is 0 Å². The maximum atomic E-state index is 5.44. The summed E-state index contributed by atoms with van der Waals surface area (Å²) in [4.78, 5) is 0. The topological polar surface area (TPSA) is 9.23 Å². The van der Waals surface area contributed by atoms with Gasteiger partial charge < -0.3 is 4.74 Å². The summed E-state index contributed by atoms with van der Waals surface area (Å²) in [7, 11) is 0. The summed E-state index contributed by atoms with van der Waals surface area (Å²) in [6.07, 6.45) is 3.94. The molecule has 0 aromatic heterocycles. The molecule has 0 bridgehead atoms. The van der Waals surface area contributed by atoms with Gasteiger partial charge in [0.15, 0.2) is 0 Å². The number of halogens is 1. The second-order valence-electron chi connectivity index (χ2n) is 2.31. The lowest BCUT2D eigenvalue weighted by Gasteiger charge is -2.04. The molecule has 0 unspecified atom stereocenters. The lowest BCUT2D eigenvalue weighted by atomic mass is 10.3. The van der Waals surface area contributed by atoms with Crippen LogP contribution >= 0.6 is 15.9 Å². The average molecular weight is 227 g/mol. The Morgan fingerprint density at radius 1 is 1.42 bits per heavy atom. The first-order valence-corrected chi connectivity index (χ1v) is 4.62. The molecule has 0 fully saturated rings. The van der Waals surface area contributed by atoms with Crippen LogP contribution in [-0.4, -0.2) is 6.61 Å². The average Bonchev–Trinajstić information content (AvgIpc) is 2.09. The molecular formula is C10H11BrO. The van der Waals surface area contributed by atoms with Crippen molar-refractivity contribution in [3.63, 3.8) is 0 Å². The third kappa shape index (κ3) is 2.70. The highest BCUT2D eigenvalue weighted by molar-refractivity contribution is 9.10. The van der Waals surface area contributed by atoms with Gasteiger partial charge in [-0.1, -0.05) is 24.3 Å². The number of rotatable bonds is 3. The minimum Gasteiger partial charge on any atom is -0.488 e. The fraction of sp³-hybridized carbons (Fsp3) is 0.200. The molecule has 12 heavy (non-hydrogen) atoms. The number of hydrogen-bond acceptors (Lipinski definition) is 1.